The predicted octanol–water partition coefficient (Wildman–Crippen LogP) is 3.11. The molecule has 2 rings (SSSR count). The average molecular weight is 421 g/mol. The first-order valence-corrected chi connectivity index (χ1v) is 9.90. The highest BCUT2D eigenvalue weighted by atomic mass is 35.5. The van der Waals surface area contributed by atoms with E-state index >= 15 is 0 Å². The van der Waals surface area contributed by atoms with Gasteiger partial charge in [-0.3, -0.25) is 10.1 Å². The van der Waals surface area contributed by atoms with Gasteiger partial charge < -0.3 is 20.1 Å². The molecule has 0 saturated heterocycles. The maximum atomic E-state index is 12.1. The Morgan fingerprint density at radius 1 is 1.07 bits per heavy atom. The maximum absolute atomic E-state index is 12.1. The summed E-state index contributed by atoms with van der Waals surface area (Å²) in [7, 11) is 0. The number of benzene rings is 2. The first kappa shape index (κ1) is 22.5. The van der Waals surface area contributed by atoms with Crippen molar-refractivity contribution < 1.29 is 24.4 Å². The number of carbonyl (C=O) groups excluding carboxylic acids is 2. The summed E-state index contributed by atoms with van der Waals surface area (Å²) in [6.45, 7) is 6.75. The third-order valence-corrected chi connectivity index (χ3v) is 4.45. The zero-order valence-electron chi connectivity index (χ0n) is 16.8. The van der Waals surface area contributed by atoms with Gasteiger partial charge >= 0.3 is 6.03 Å². The van der Waals surface area contributed by atoms with Crippen LogP contribution in [0.1, 0.15) is 32.4 Å². The molecule has 0 aliphatic rings. The molecule has 0 saturated carbocycles. The summed E-state index contributed by atoms with van der Waals surface area (Å²) in [5.74, 6) is 0.720. The van der Waals surface area contributed by atoms with Crippen molar-refractivity contribution in [3.63, 3.8) is 0 Å². The number of nitrogens with two attached hydrogens (primary N) is 1. The second kappa shape index (κ2) is 11.3. The van der Waals surface area contributed by atoms with Gasteiger partial charge in [0.25, 0.3) is 5.91 Å². The zero-order chi connectivity index (χ0) is 21.2. The Bertz CT molecular complexity index is 844. The third-order valence-electron chi connectivity index (χ3n) is 4.11. The average Bonchev–Trinajstić information content (AvgIpc) is 2.68. The van der Waals surface area contributed by atoms with Crippen LogP contribution in [0.5, 0.6) is 11.5 Å². The Hall–Kier alpha value is -2.77. The minimum atomic E-state index is -0.611. The fraction of sp³-hybridized carbons (Fsp3) is 0.333. The van der Waals surface area contributed by atoms with Gasteiger partial charge in [0.2, 0.25) is 0 Å². The van der Waals surface area contributed by atoms with Crippen LogP contribution in [0.15, 0.2) is 42.5 Å². The number of carbonyl (C=O) groups is 2. The Kier molecular flexibility index (Phi) is 8.76. The van der Waals surface area contributed by atoms with Crippen molar-refractivity contribution in [2.24, 2.45) is 0 Å². The molecule has 0 aliphatic heterocycles. The minimum absolute atomic E-state index is 0.0163. The predicted molar refractivity (Wildman–Crippen MR) is 113 cm³/mol. The molecule has 0 fully saturated rings. The molecule has 0 spiro atoms. The molecule has 0 bridgehead atoms. The maximum Gasteiger partial charge on any atom is 0.326 e. The lowest BCUT2D eigenvalue weighted by atomic mass is 10.1. The van der Waals surface area contributed by atoms with E-state index in [-0.39, 0.29) is 12.6 Å². The Balaban J connectivity index is 1.87. The molecule has 0 radical (unpaired) electrons. The highest BCUT2D eigenvalue weighted by Gasteiger charge is 2.16. The molecule has 2 aromatic rings. The largest absolute Gasteiger partial charge is 0.490 e. The van der Waals surface area contributed by atoms with Crippen molar-refractivity contribution >= 4 is 29.2 Å². The molecule has 7 nitrogen and oxygen atoms in total. The van der Waals surface area contributed by atoms with Gasteiger partial charge in [0.15, 0.2) is 18.0 Å². The van der Waals surface area contributed by atoms with E-state index in [9.17, 15) is 9.59 Å². The van der Waals surface area contributed by atoms with Crippen LogP contribution >= 0.6 is 11.6 Å². The number of hydrogen-bond acceptors (Lipinski definition) is 4. The Morgan fingerprint density at radius 2 is 1.76 bits per heavy atom. The van der Waals surface area contributed by atoms with Crippen LogP contribution < -0.4 is 25.4 Å². The van der Waals surface area contributed by atoms with E-state index in [1.165, 1.54) is 0 Å². The summed E-state index contributed by atoms with van der Waals surface area (Å²) < 4.78 is 11.0. The molecule has 8 heteroatoms. The van der Waals surface area contributed by atoms with Gasteiger partial charge in [-0.05, 0) is 39.0 Å². The second-order valence-electron chi connectivity index (χ2n) is 6.28. The quantitative estimate of drug-likeness (QED) is 0.581. The lowest BCUT2D eigenvalue weighted by Gasteiger charge is -2.14. The van der Waals surface area contributed by atoms with Crippen LogP contribution in [0.3, 0.4) is 0 Å². The molecule has 4 N–H and O–H groups in total. The third kappa shape index (κ3) is 6.96. The molecule has 0 aromatic heterocycles. The fourth-order valence-corrected chi connectivity index (χ4v) is 3.03. The number of hydrogen-bond donors (Lipinski definition) is 3. The van der Waals surface area contributed by atoms with Crippen LogP contribution in [0.25, 0.3) is 0 Å². The SMILES string of the molecule is CCOc1ccc(NC(=O)NC(=O)C[NH2+][C@H](C)c2ccccc2Cl)cc1OCC. The van der Waals surface area contributed by atoms with Crippen LogP contribution in [-0.4, -0.2) is 31.7 Å². The first-order chi connectivity index (χ1) is 13.9. The summed E-state index contributed by atoms with van der Waals surface area (Å²) in [4.78, 5) is 24.2. The lowest BCUT2D eigenvalue weighted by Crippen LogP contribution is -2.87. The first-order valence-electron chi connectivity index (χ1n) is 9.52. The van der Waals surface area contributed by atoms with E-state index in [1.54, 1.807) is 18.2 Å². The minimum Gasteiger partial charge on any atom is -0.490 e. The fourth-order valence-electron chi connectivity index (χ4n) is 2.72. The van der Waals surface area contributed by atoms with Gasteiger partial charge in [0.1, 0.15) is 6.04 Å². The molecule has 0 aliphatic carbocycles. The van der Waals surface area contributed by atoms with Crippen molar-refractivity contribution in [3.8, 4) is 11.5 Å². The van der Waals surface area contributed by atoms with Gasteiger partial charge in [-0.1, -0.05) is 29.8 Å². The number of ether oxygens (including phenoxy) is 2. The topological polar surface area (TPSA) is 93.3 Å². The highest BCUT2D eigenvalue weighted by molar-refractivity contribution is 6.31. The number of rotatable bonds is 9. The summed E-state index contributed by atoms with van der Waals surface area (Å²) in [5, 5.41) is 7.41. The van der Waals surface area contributed by atoms with Gasteiger partial charge in [-0.15, -0.1) is 0 Å². The molecular formula is C21H27ClN3O4+. The lowest BCUT2D eigenvalue weighted by molar-refractivity contribution is -0.682. The standard InChI is InChI=1S/C21H26ClN3O4/c1-4-28-18-11-10-15(12-19(18)29-5-2)24-21(27)25-20(26)13-23-14(3)16-8-6-7-9-17(16)22/h6-12,14,23H,4-5,13H2,1-3H3,(H2,24,25,26,27)/p+1/t14-/m1/s1. The van der Waals surface area contributed by atoms with E-state index in [0.717, 1.165) is 5.56 Å². The highest BCUT2D eigenvalue weighted by Crippen LogP contribution is 2.30. The van der Waals surface area contributed by atoms with Crippen molar-refractivity contribution in [2.45, 2.75) is 26.8 Å². The van der Waals surface area contributed by atoms with Crippen molar-refractivity contribution in [1.29, 1.82) is 0 Å². The number of anilines is 1. The Labute approximate surface area is 175 Å². The van der Waals surface area contributed by atoms with E-state index in [2.05, 4.69) is 10.6 Å². The van der Waals surface area contributed by atoms with E-state index < -0.39 is 11.9 Å². The molecular weight excluding hydrogens is 394 g/mol. The van der Waals surface area contributed by atoms with E-state index in [4.69, 9.17) is 21.1 Å². The molecule has 1 atom stereocenters. The number of amides is 3. The zero-order valence-corrected chi connectivity index (χ0v) is 17.6. The molecule has 0 heterocycles. The molecule has 3 amide bonds. The second-order valence-corrected chi connectivity index (χ2v) is 6.69. The van der Waals surface area contributed by atoms with Crippen molar-refractivity contribution in [3.05, 3.63) is 53.1 Å². The summed E-state index contributed by atoms with van der Waals surface area (Å²) in [5.41, 5.74) is 1.43. The number of imide groups is 1. The number of quaternary nitrogens is 1. The monoisotopic (exact) mass is 420 g/mol. The summed E-state index contributed by atoms with van der Waals surface area (Å²) in [6, 6.07) is 11.9. The smallest absolute Gasteiger partial charge is 0.326 e. The molecule has 29 heavy (non-hydrogen) atoms. The molecule has 2 aromatic carbocycles. The molecule has 0 unspecified atom stereocenters. The summed E-state index contributed by atoms with van der Waals surface area (Å²) >= 11 is 6.17. The van der Waals surface area contributed by atoms with Gasteiger partial charge in [0.05, 0.1) is 13.2 Å². The van der Waals surface area contributed by atoms with Crippen LogP contribution in [0, 0.1) is 0 Å². The van der Waals surface area contributed by atoms with Crippen molar-refractivity contribution in [1.82, 2.24) is 5.32 Å². The van der Waals surface area contributed by atoms with E-state index in [1.807, 2.05) is 50.4 Å². The molecule has 156 valence electrons. The number of nitrogens with one attached hydrogen (secondary N) is 2. The van der Waals surface area contributed by atoms with Crippen LogP contribution in [-0.2, 0) is 4.79 Å². The van der Waals surface area contributed by atoms with Crippen molar-refractivity contribution in [2.75, 3.05) is 25.1 Å². The van der Waals surface area contributed by atoms with Gasteiger partial charge in [-0.2, -0.15) is 0 Å². The van der Waals surface area contributed by atoms with Crippen LogP contribution in [0.4, 0.5) is 10.5 Å². The van der Waals surface area contributed by atoms with Crippen LogP contribution in [0.2, 0.25) is 5.02 Å². The Morgan fingerprint density at radius 3 is 2.45 bits per heavy atom. The van der Waals surface area contributed by atoms with Gasteiger partial charge in [0, 0.05) is 22.3 Å². The summed E-state index contributed by atoms with van der Waals surface area (Å²) in [6.07, 6.45) is 0. The van der Waals surface area contributed by atoms with E-state index in [0.29, 0.717) is 35.4 Å². The number of urea groups is 1. The normalized spacial score (nSPS) is 11.4. The number of halogens is 1. The van der Waals surface area contributed by atoms with Gasteiger partial charge in [-0.25, -0.2) is 4.79 Å².